The quantitative estimate of drug-likeness (QED) is 0.134. The van der Waals surface area contributed by atoms with Crippen molar-refractivity contribution in [2.45, 2.75) is 123 Å². The molecular formula is C31H48N6O7. The van der Waals surface area contributed by atoms with Gasteiger partial charge in [-0.15, -0.1) is 0 Å². The first-order chi connectivity index (χ1) is 19.6. The van der Waals surface area contributed by atoms with E-state index in [-0.39, 0.29) is 5.56 Å². The van der Waals surface area contributed by atoms with Crippen LogP contribution in [-0.2, 0) is 29.0 Å². The molecular weight excluding hydrogens is 568 g/mol. The van der Waals surface area contributed by atoms with Crippen molar-refractivity contribution in [1.82, 2.24) is 26.6 Å². The third kappa shape index (κ3) is 11.2. The normalized spacial score (nSPS) is 12.8. The average molecular weight is 617 g/mol. The highest BCUT2D eigenvalue weighted by atomic mass is 17.2. The minimum Gasteiger partial charge on any atom is -0.340 e. The van der Waals surface area contributed by atoms with Crippen LogP contribution in [0.4, 0.5) is 0 Å². The van der Waals surface area contributed by atoms with Gasteiger partial charge in [-0.2, -0.15) is 5.26 Å². The van der Waals surface area contributed by atoms with Gasteiger partial charge in [0.25, 0.3) is 5.91 Å². The third-order valence-corrected chi connectivity index (χ3v) is 6.17. The lowest BCUT2D eigenvalue weighted by Crippen LogP contribution is -2.68. The summed E-state index contributed by atoms with van der Waals surface area (Å²) >= 11 is 0. The molecule has 244 valence electrons. The number of hydrogen-bond acceptors (Lipinski definition) is 8. The van der Waals surface area contributed by atoms with E-state index in [1.54, 1.807) is 34.6 Å². The van der Waals surface area contributed by atoms with E-state index in [1.165, 1.54) is 79.7 Å². The highest BCUT2D eigenvalue weighted by molar-refractivity contribution is 6.01. The van der Waals surface area contributed by atoms with Gasteiger partial charge in [0.15, 0.2) is 5.72 Å². The van der Waals surface area contributed by atoms with Gasteiger partial charge in [-0.25, -0.2) is 9.78 Å². The predicted octanol–water partition coefficient (Wildman–Crippen LogP) is 2.35. The Labute approximate surface area is 260 Å². The van der Waals surface area contributed by atoms with Gasteiger partial charge in [-0.05, 0) is 114 Å². The van der Waals surface area contributed by atoms with E-state index in [1.807, 2.05) is 6.07 Å². The molecule has 0 aromatic heterocycles. The number of hydrogen-bond donors (Lipinski definition) is 5. The van der Waals surface area contributed by atoms with Crippen molar-refractivity contribution in [2.24, 2.45) is 0 Å². The maximum absolute atomic E-state index is 13.3. The summed E-state index contributed by atoms with van der Waals surface area (Å²) in [5.74, 6) is -3.10. The number of nitriles is 1. The molecule has 0 saturated carbocycles. The number of nitrogens with zero attached hydrogens (tertiary/aromatic N) is 1. The minimum atomic E-state index is -1.51. The standard InChI is InChI=1S/C31H48N6O7/c1-26(2,3)43-44-31(12,13)37-25(42)30(10,11)36-24(41)29(8,9)35-23(40)28(6,7)34-22(39)27(4,5)33-21(38)20-16-14-19(18-32)15-17-20/h14-17H,1-13H3,(H,33,38)(H,34,39)(H,35,40)(H,36,41)(H,37,42). The smallest absolute Gasteiger partial charge is 0.252 e. The Morgan fingerprint density at radius 3 is 1.23 bits per heavy atom. The Kier molecular flexibility index (Phi) is 11.5. The van der Waals surface area contributed by atoms with E-state index in [2.05, 4.69) is 26.6 Å². The lowest BCUT2D eigenvalue weighted by Gasteiger charge is -2.37. The summed E-state index contributed by atoms with van der Waals surface area (Å²) < 4.78 is 0. The Hall–Kier alpha value is -4.02. The van der Waals surface area contributed by atoms with Gasteiger partial charge in [0.05, 0.1) is 17.2 Å². The summed E-state index contributed by atoms with van der Waals surface area (Å²) in [4.78, 5) is 76.0. The Morgan fingerprint density at radius 1 is 0.545 bits per heavy atom. The summed E-state index contributed by atoms with van der Waals surface area (Å²) in [6, 6.07) is 7.87. The lowest BCUT2D eigenvalue weighted by atomic mass is 9.95. The third-order valence-electron chi connectivity index (χ3n) is 6.17. The molecule has 0 aliphatic heterocycles. The molecule has 0 bridgehead atoms. The first-order valence-corrected chi connectivity index (χ1v) is 14.1. The number of benzene rings is 1. The fourth-order valence-corrected chi connectivity index (χ4v) is 3.28. The zero-order valence-corrected chi connectivity index (χ0v) is 28.1. The molecule has 1 rings (SSSR count). The van der Waals surface area contributed by atoms with Gasteiger partial charge in [-0.3, -0.25) is 24.0 Å². The zero-order chi connectivity index (χ0) is 34.5. The number of amides is 5. The van der Waals surface area contributed by atoms with Crippen LogP contribution in [0, 0.1) is 11.3 Å². The maximum Gasteiger partial charge on any atom is 0.252 e. The predicted molar refractivity (Wildman–Crippen MR) is 164 cm³/mol. The van der Waals surface area contributed by atoms with Crippen LogP contribution in [0.3, 0.4) is 0 Å². The van der Waals surface area contributed by atoms with E-state index in [4.69, 9.17) is 15.0 Å². The molecule has 0 spiro atoms. The molecule has 0 atom stereocenters. The second kappa shape index (κ2) is 13.3. The monoisotopic (exact) mass is 616 g/mol. The molecule has 0 aliphatic rings. The van der Waals surface area contributed by atoms with Crippen molar-refractivity contribution in [2.75, 3.05) is 0 Å². The first kappa shape index (κ1) is 38.0. The lowest BCUT2D eigenvalue weighted by molar-refractivity contribution is -0.401. The summed E-state index contributed by atoms with van der Waals surface area (Å²) in [7, 11) is 0. The molecule has 0 unspecified atom stereocenters. The highest BCUT2D eigenvalue weighted by Gasteiger charge is 2.42. The fraction of sp³-hybridized carbons (Fsp3) is 0.613. The molecule has 0 radical (unpaired) electrons. The fourth-order valence-electron chi connectivity index (χ4n) is 3.28. The average Bonchev–Trinajstić information content (AvgIpc) is 2.85. The molecule has 1 aromatic rings. The summed E-state index contributed by atoms with van der Waals surface area (Å²) in [6.07, 6.45) is 0. The Bertz CT molecular complexity index is 1300. The van der Waals surface area contributed by atoms with Crippen LogP contribution in [0.15, 0.2) is 24.3 Å². The van der Waals surface area contributed by atoms with Crippen molar-refractivity contribution in [3.63, 3.8) is 0 Å². The van der Waals surface area contributed by atoms with Crippen molar-refractivity contribution in [1.29, 1.82) is 5.26 Å². The van der Waals surface area contributed by atoms with E-state index in [0.29, 0.717) is 5.56 Å². The van der Waals surface area contributed by atoms with Crippen molar-refractivity contribution in [3.8, 4) is 6.07 Å². The van der Waals surface area contributed by atoms with Crippen LogP contribution in [-0.4, -0.2) is 63.0 Å². The molecule has 5 amide bonds. The zero-order valence-electron chi connectivity index (χ0n) is 28.1. The van der Waals surface area contributed by atoms with E-state index in [9.17, 15) is 24.0 Å². The van der Waals surface area contributed by atoms with Crippen LogP contribution >= 0.6 is 0 Å². The Morgan fingerprint density at radius 2 is 0.886 bits per heavy atom. The van der Waals surface area contributed by atoms with Crippen molar-refractivity contribution >= 4 is 29.5 Å². The molecule has 0 heterocycles. The van der Waals surface area contributed by atoms with Gasteiger partial charge >= 0.3 is 0 Å². The molecule has 5 N–H and O–H groups in total. The molecule has 0 saturated heterocycles. The van der Waals surface area contributed by atoms with Crippen LogP contribution in [0.1, 0.15) is 106 Å². The Balaban J connectivity index is 2.88. The van der Waals surface area contributed by atoms with Crippen LogP contribution in [0.2, 0.25) is 0 Å². The van der Waals surface area contributed by atoms with Crippen LogP contribution in [0.25, 0.3) is 0 Å². The molecule has 0 aliphatic carbocycles. The van der Waals surface area contributed by atoms with Crippen LogP contribution in [0.5, 0.6) is 0 Å². The molecule has 1 aromatic carbocycles. The van der Waals surface area contributed by atoms with E-state index < -0.39 is 63.0 Å². The first-order valence-electron chi connectivity index (χ1n) is 14.1. The van der Waals surface area contributed by atoms with Crippen LogP contribution < -0.4 is 26.6 Å². The number of rotatable bonds is 12. The van der Waals surface area contributed by atoms with Gasteiger partial charge in [0.1, 0.15) is 22.2 Å². The number of carbonyl (C=O) groups excluding carboxylic acids is 5. The largest absolute Gasteiger partial charge is 0.340 e. The molecule has 13 nitrogen and oxygen atoms in total. The van der Waals surface area contributed by atoms with Gasteiger partial charge in [-0.1, -0.05) is 0 Å². The van der Waals surface area contributed by atoms with Gasteiger partial charge < -0.3 is 26.6 Å². The van der Waals surface area contributed by atoms with Crippen molar-refractivity contribution < 1.29 is 33.7 Å². The highest BCUT2D eigenvalue weighted by Crippen LogP contribution is 2.17. The second-order valence-electron chi connectivity index (χ2n) is 14.2. The van der Waals surface area contributed by atoms with E-state index in [0.717, 1.165) is 0 Å². The summed E-state index contributed by atoms with van der Waals surface area (Å²) in [5.41, 5.74) is -7.05. The summed E-state index contributed by atoms with van der Waals surface area (Å²) in [6.45, 7) is 20.3. The maximum atomic E-state index is 13.3. The van der Waals surface area contributed by atoms with Crippen molar-refractivity contribution in [3.05, 3.63) is 35.4 Å². The molecule has 44 heavy (non-hydrogen) atoms. The van der Waals surface area contributed by atoms with E-state index >= 15 is 0 Å². The molecule has 0 fully saturated rings. The van der Waals surface area contributed by atoms with Gasteiger partial charge in [0, 0.05) is 5.56 Å². The van der Waals surface area contributed by atoms with Gasteiger partial charge in [0.2, 0.25) is 23.6 Å². The molecule has 13 heteroatoms. The summed E-state index contributed by atoms with van der Waals surface area (Å²) in [5, 5.41) is 22.1. The topological polar surface area (TPSA) is 188 Å². The second-order valence-corrected chi connectivity index (χ2v) is 14.2. The SMILES string of the molecule is CC(C)(C)OOC(C)(C)NC(=O)C(C)(C)NC(=O)C(C)(C)NC(=O)C(C)(C)NC(=O)C(C)(C)NC(=O)c1ccc(C#N)cc1. The minimum absolute atomic E-state index is 0.251. The number of carbonyl (C=O) groups is 5. The number of nitrogens with one attached hydrogen (secondary N) is 5.